The molecule has 2 rings (SSSR count). The third kappa shape index (κ3) is 1.79. The summed E-state index contributed by atoms with van der Waals surface area (Å²) < 4.78 is 0. The Bertz CT molecular complexity index is 421. The van der Waals surface area contributed by atoms with Crippen molar-refractivity contribution in [3.05, 3.63) is 34.2 Å². The van der Waals surface area contributed by atoms with E-state index < -0.39 is 0 Å². The van der Waals surface area contributed by atoms with Gasteiger partial charge in [0.25, 0.3) is 5.91 Å². The summed E-state index contributed by atoms with van der Waals surface area (Å²) in [7, 11) is 1.76. The zero-order valence-corrected chi connectivity index (χ0v) is 8.69. The first-order valence-corrected chi connectivity index (χ1v) is 5.14. The van der Waals surface area contributed by atoms with Gasteiger partial charge in [-0.1, -0.05) is 0 Å². The van der Waals surface area contributed by atoms with Gasteiger partial charge in [-0.15, -0.1) is 0 Å². The zero-order chi connectivity index (χ0) is 10.8. The molecule has 0 spiro atoms. The van der Waals surface area contributed by atoms with Crippen molar-refractivity contribution in [3.8, 4) is 0 Å². The van der Waals surface area contributed by atoms with Crippen LogP contribution in [-0.4, -0.2) is 28.9 Å². The number of H-pyrrole nitrogens is 1. The van der Waals surface area contributed by atoms with Crippen molar-refractivity contribution in [2.24, 2.45) is 0 Å². The highest BCUT2D eigenvalue weighted by molar-refractivity contribution is 5.93. The maximum Gasteiger partial charge on any atom is 0.259 e. The third-order valence-electron chi connectivity index (χ3n) is 3.00. The molecular weight excluding hydrogens is 192 g/mol. The summed E-state index contributed by atoms with van der Waals surface area (Å²) in [6.07, 6.45) is 6.27. The van der Waals surface area contributed by atoms with Crippen LogP contribution in [0.4, 0.5) is 0 Å². The van der Waals surface area contributed by atoms with Gasteiger partial charge in [-0.2, -0.15) is 0 Å². The highest BCUT2D eigenvalue weighted by Crippen LogP contribution is 2.24. The maximum atomic E-state index is 11.9. The molecule has 1 N–H and O–H groups in total. The number of pyridine rings is 1. The molecule has 4 heteroatoms. The molecule has 0 aliphatic heterocycles. The van der Waals surface area contributed by atoms with Crippen LogP contribution in [0.15, 0.2) is 23.3 Å². The molecule has 1 aromatic heterocycles. The molecule has 0 radical (unpaired) electrons. The van der Waals surface area contributed by atoms with E-state index in [9.17, 15) is 9.59 Å². The van der Waals surface area contributed by atoms with Gasteiger partial charge in [-0.3, -0.25) is 9.59 Å². The number of carbonyl (C=O) groups is 1. The van der Waals surface area contributed by atoms with Crippen LogP contribution in [0.3, 0.4) is 0 Å². The van der Waals surface area contributed by atoms with Crippen LogP contribution in [-0.2, 0) is 0 Å². The molecule has 1 saturated carbocycles. The number of nitrogens with one attached hydrogen (secondary N) is 1. The molecule has 0 atom stereocenters. The van der Waals surface area contributed by atoms with Crippen LogP contribution in [0.5, 0.6) is 0 Å². The molecule has 1 fully saturated rings. The fourth-order valence-corrected chi connectivity index (χ4v) is 1.71. The number of hydrogen-bond acceptors (Lipinski definition) is 2. The van der Waals surface area contributed by atoms with Gasteiger partial charge in [0.15, 0.2) is 5.43 Å². The lowest BCUT2D eigenvalue weighted by Crippen LogP contribution is -2.42. The van der Waals surface area contributed by atoms with E-state index in [1.165, 1.54) is 24.9 Å². The molecule has 4 nitrogen and oxygen atoms in total. The van der Waals surface area contributed by atoms with Crippen molar-refractivity contribution in [2.75, 3.05) is 7.05 Å². The summed E-state index contributed by atoms with van der Waals surface area (Å²) in [6, 6.07) is 1.69. The van der Waals surface area contributed by atoms with Crippen LogP contribution in [0.1, 0.15) is 29.6 Å². The monoisotopic (exact) mass is 206 g/mol. The van der Waals surface area contributed by atoms with Crippen molar-refractivity contribution in [3.63, 3.8) is 0 Å². The molecule has 0 unspecified atom stereocenters. The number of hydrogen-bond donors (Lipinski definition) is 1. The van der Waals surface area contributed by atoms with Gasteiger partial charge < -0.3 is 9.88 Å². The van der Waals surface area contributed by atoms with Gasteiger partial charge >= 0.3 is 0 Å². The molecule has 0 bridgehead atoms. The number of rotatable bonds is 2. The van der Waals surface area contributed by atoms with Gasteiger partial charge in [-0.25, -0.2) is 0 Å². The van der Waals surface area contributed by atoms with Crippen LogP contribution in [0, 0.1) is 0 Å². The summed E-state index contributed by atoms with van der Waals surface area (Å²) in [5.41, 5.74) is 0.0109. The molecule has 80 valence electrons. The molecule has 15 heavy (non-hydrogen) atoms. The topological polar surface area (TPSA) is 53.2 Å². The van der Waals surface area contributed by atoms with Crippen LogP contribution in [0.2, 0.25) is 0 Å². The normalized spacial score (nSPS) is 15.8. The van der Waals surface area contributed by atoms with Gasteiger partial charge in [0.1, 0.15) is 5.56 Å². The van der Waals surface area contributed by atoms with E-state index in [-0.39, 0.29) is 16.9 Å². The van der Waals surface area contributed by atoms with E-state index in [4.69, 9.17) is 0 Å². The summed E-state index contributed by atoms with van der Waals surface area (Å²) in [5, 5.41) is 0. The first kappa shape index (κ1) is 9.96. The second kappa shape index (κ2) is 3.88. The van der Waals surface area contributed by atoms with Crippen molar-refractivity contribution >= 4 is 5.91 Å². The van der Waals surface area contributed by atoms with E-state index in [0.717, 1.165) is 12.8 Å². The number of nitrogens with zero attached hydrogens (tertiary/aromatic N) is 1. The third-order valence-corrected chi connectivity index (χ3v) is 3.00. The number of amides is 1. The van der Waals surface area contributed by atoms with Crippen molar-refractivity contribution in [1.82, 2.24) is 9.88 Å². The Morgan fingerprint density at radius 1 is 1.53 bits per heavy atom. The quantitative estimate of drug-likeness (QED) is 0.784. The Morgan fingerprint density at radius 3 is 2.80 bits per heavy atom. The lowest BCUT2D eigenvalue weighted by molar-refractivity contribution is 0.0650. The molecule has 0 aromatic carbocycles. The standard InChI is InChI=1S/C11H14N2O2/c1-13(8-3-2-4-8)11(15)9-7-12-6-5-10(9)14/h5-8H,2-4H2,1H3,(H,12,14). The van der Waals surface area contributed by atoms with Gasteiger partial charge in [0, 0.05) is 31.5 Å². The maximum absolute atomic E-state index is 11.9. The average molecular weight is 206 g/mol. The Balaban J connectivity index is 2.20. The number of carbonyl (C=O) groups excluding carboxylic acids is 1. The fraction of sp³-hybridized carbons (Fsp3) is 0.455. The molecule has 1 aromatic rings. The SMILES string of the molecule is CN(C(=O)c1c[nH]ccc1=O)C1CCC1. The summed E-state index contributed by atoms with van der Waals surface area (Å²) >= 11 is 0. The minimum atomic E-state index is -0.218. The predicted molar refractivity (Wildman–Crippen MR) is 56.8 cm³/mol. The molecule has 1 amide bonds. The van der Waals surface area contributed by atoms with Crippen molar-refractivity contribution in [2.45, 2.75) is 25.3 Å². The Kier molecular flexibility index (Phi) is 2.58. The summed E-state index contributed by atoms with van der Waals surface area (Å²) in [4.78, 5) is 27.8. The molecule has 1 aliphatic carbocycles. The van der Waals surface area contributed by atoms with Crippen LogP contribution >= 0.6 is 0 Å². The predicted octanol–water partition coefficient (Wildman–Crippen LogP) is 0.999. The van der Waals surface area contributed by atoms with E-state index in [0.29, 0.717) is 6.04 Å². The minimum Gasteiger partial charge on any atom is -0.367 e. The Morgan fingerprint density at radius 2 is 2.27 bits per heavy atom. The molecule has 0 saturated heterocycles. The van der Waals surface area contributed by atoms with E-state index in [1.807, 2.05) is 0 Å². The minimum absolute atomic E-state index is 0.179. The second-order valence-corrected chi connectivity index (χ2v) is 3.92. The van der Waals surface area contributed by atoms with Gasteiger partial charge in [0.05, 0.1) is 0 Å². The van der Waals surface area contributed by atoms with Crippen LogP contribution < -0.4 is 5.43 Å². The lowest BCUT2D eigenvalue weighted by atomic mass is 9.91. The van der Waals surface area contributed by atoms with Gasteiger partial charge in [0.2, 0.25) is 0 Å². The first-order chi connectivity index (χ1) is 7.20. The molecule has 1 heterocycles. The molecule has 1 aliphatic rings. The number of aromatic nitrogens is 1. The Hall–Kier alpha value is -1.58. The molecular formula is C11H14N2O2. The zero-order valence-electron chi connectivity index (χ0n) is 8.69. The van der Waals surface area contributed by atoms with E-state index >= 15 is 0 Å². The highest BCUT2D eigenvalue weighted by atomic mass is 16.2. The van der Waals surface area contributed by atoms with Crippen LogP contribution in [0.25, 0.3) is 0 Å². The van der Waals surface area contributed by atoms with Gasteiger partial charge in [-0.05, 0) is 19.3 Å². The fourth-order valence-electron chi connectivity index (χ4n) is 1.71. The van der Waals surface area contributed by atoms with E-state index in [1.54, 1.807) is 11.9 Å². The smallest absolute Gasteiger partial charge is 0.259 e. The number of aromatic amines is 1. The summed E-state index contributed by atoms with van der Waals surface area (Å²) in [5.74, 6) is -0.179. The highest BCUT2D eigenvalue weighted by Gasteiger charge is 2.27. The van der Waals surface area contributed by atoms with Crippen molar-refractivity contribution < 1.29 is 4.79 Å². The Labute approximate surface area is 87.9 Å². The largest absolute Gasteiger partial charge is 0.367 e. The lowest BCUT2D eigenvalue weighted by Gasteiger charge is -2.34. The first-order valence-electron chi connectivity index (χ1n) is 5.14. The average Bonchev–Trinajstić information content (AvgIpc) is 2.15. The summed E-state index contributed by atoms with van der Waals surface area (Å²) in [6.45, 7) is 0. The van der Waals surface area contributed by atoms with E-state index in [2.05, 4.69) is 4.98 Å². The second-order valence-electron chi connectivity index (χ2n) is 3.92. The van der Waals surface area contributed by atoms with Crippen molar-refractivity contribution in [1.29, 1.82) is 0 Å².